The van der Waals surface area contributed by atoms with Gasteiger partial charge in [-0.3, -0.25) is 0 Å². The van der Waals surface area contributed by atoms with Crippen molar-refractivity contribution in [2.24, 2.45) is 29.1 Å². The summed E-state index contributed by atoms with van der Waals surface area (Å²) in [5.41, 5.74) is 0.784. The van der Waals surface area contributed by atoms with Crippen molar-refractivity contribution >= 4 is 0 Å². The average Bonchev–Trinajstić information content (AvgIpc) is 2.59. The second-order valence-corrected chi connectivity index (χ2v) is 10.2. The van der Waals surface area contributed by atoms with Crippen LogP contribution in [0, 0.1) is 29.1 Å². The van der Waals surface area contributed by atoms with Gasteiger partial charge < -0.3 is 4.90 Å². The van der Waals surface area contributed by atoms with E-state index in [2.05, 4.69) is 25.7 Å². The zero-order valence-corrected chi connectivity index (χ0v) is 16.9. The standard InChI is InChI=1S/C23H43N/c1-4-20-5-11-23(12-6-20)13-7-22(8-14-23)18-24-15-9-21(10-16-24)17-19(2)3/h19-22H,4-18H2,1-3H3. The predicted octanol–water partition coefficient (Wildman–Crippen LogP) is 6.52. The summed E-state index contributed by atoms with van der Waals surface area (Å²) < 4.78 is 0. The highest BCUT2D eigenvalue weighted by atomic mass is 15.1. The first-order valence-electron chi connectivity index (χ1n) is 11.3. The van der Waals surface area contributed by atoms with Gasteiger partial charge in [0.15, 0.2) is 0 Å². The van der Waals surface area contributed by atoms with E-state index in [4.69, 9.17) is 0 Å². The summed E-state index contributed by atoms with van der Waals surface area (Å²) in [4.78, 5) is 2.81. The number of likely N-dealkylation sites (tertiary alicyclic amines) is 1. The second kappa shape index (κ2) is 8.56. The summed E-state index contributed by atoms with van der Waals surface area (Å²) in [5, 5.41) is 0. The quantitative estimate of drug-likeness (QED) is 0.553. The van der Waals surface area contributed by atoms with Crippen molar-refractivity contribution in [3.8, 4) is 0 Å². The van der Waals surface area contributed by atoms with Crippen molar-refractivity contribution in [2.75, 3.05) is 19.6 Å². The van der Waals surface area contributed by atoms with Crippen LogP contribution in [0.2, 0.25) is 0 Å². The van der Waals surface area contributed by atoms with Gasteiger partial charge in [0, 0.05) is 6.54 Å². The van der Waals surface area contributed by atoms with Crippen LogP contribution in [0.3, 0.4) is 0 Å². The molecule has 0 amide bonds. The molecule has 1 spiro atoms. The molecule has 1 heterocycles. The fourth-order valence-corrected chi connectivity index (χ4v) is 6.11. The molecule has 1 aliphatic heterocycles. The lowest BCUT2D eigenvalue weighted by molar-refractivity contribution is 0.0570. The van der Waals surface area contributed by atoms with Gasteiger partial charge in [-0.05, 0) is 113 Å². The van der Waals surface area contributed by atoms with E-state index in [1.807, 2.05) is 0 Å². The van der Waals surface area contributed by atoms with Gasteiger partial charge in [-0.15, -0.1) is 0 Å². The smallest absolute Gasteiger partial charge is 0.000967 e. The van der Waals surface area contributed by atoms with Crippen molar-refractivity contribution in [1.29, 1.82) is 0 Å². The molecular weight excluding hydrogens is 290 g/mol. The molecule has 2 aliphatic carbocycles. The van der Waals surface area contributed by atoms with E-state index >= 15 is 0 Å². The molecule has 1 heteroatoms. The van der Waals surface area contributed by atoms with Crippen molar-refractivity contribution < 1.29 is 0 Å². The maximum absolute atomic E-state index is 2.81. The highest BCUT2D eigenvalue weighted by Crippen LogP contribution is 2.50. The van der Waals surface area contributed by atoms with Gasteiger partial charge in [0.05, 0.1) is 0 Å². The number of rotatable bonds is 5. The molecule has 0 bridgehead atoms. The summed E-state index contributed by atoms with van der Waals surface area (Å²) in [6, 6.07) is 0. The maximum Gasteiger partial charge on any atom is 0.000967 e. The highest BCUT2D eigenvalue weighted by molar-refractivity contribution is 4.90. The lowest BCUT2D eigenvalue weighted by Gasteiger charge is -2.46. The van der Waals surface area contributed by atoms with Crippen LogP contribution in [-0.4, -0.2) is 24.5 Å². The normalized spacial score (nSPS) is 36.5. The Morgan fingerprint density at radius 1 is 0.792 bits per heavy atom. The van der Waals surface area contributed by atoms with Gasteiger partial charge in [-0.1, -0.05) is 27.2 Å². The number of nitrogens with zero attached hydrogens (tertiary/aromatic N) is 1. The molecule has 0 N–H and O–H groups in total. The summed E-state index contributed by atoms with van der Waals surface area (Å²) in [6.07, 6.45) is 18.2. The summed E-state index contributed by atoms with van der Waals surface area (Å²) >= 11 is 0. The zero-order valence-electron chi connectivity index (χ0n) is 16.9. The largest absolute Gasteiger partial charge is 0.303 e. The van der Waals surface area contributed by atoms with Crippen LogP contribution in [0.15, 0.2) is 0 Å². The zero-order chi connectivity index (χ0) is 17.0. The first kappa shape index (κ1) is 18.7. The third-order valence-corrected chi connectivity index (χ3v) is 7.94. The predicted molar refractivity (Wildman–Crippen MR) is 105 cm³/mol. The van der Waals surface area contributed by atoms with Crippen molar-refractivity contribution in [1.82, 2.24) is 4.90 Å². The third-order valence-electron chi connectivity index (χ3n) is 7.94. The molecule has 0 aromatic rings. The van der Waals surface area contributed by atoms with Crippen LogP contribution in [0.1, 0.15) is 97.8 Å². The summed E-state index contributed by atoms with van der Waals surface area (Å²) in [7, 11) is 0. The van der Waals surface area contributed by atoms with Crippen molar-refractivity contribution in [2.45, 2.75) is 97.8 Å². The van der Waals surface area contributed by atoms with Gasteiger partial charge in [-0.2, -0.15) is 0 Å². The van der Waals surface area contributed by atoms with Gasteiger partial charge in [0.25, 0.3) is 0 Å². The van der Waals surface area contributed by atoms with E-state index in [0.29, 0.717) is 0 Å². The summed E-state index contributed by atoms with van der Waals surface area (Å²) in [5.74, 6) is 3.98. The second-order valence-electron chi connectivity index (χ2n) is 10.2. The molecule has 3 fully saturated rings. The summed E-state index contributed by atoms with van der Waals surface area (Å²) in [6.45, 7) is 11.4. The van der Waals surface area contributed by atoms with Crippen molar-refractivity contribution in [3.63, 3.8) is 0 Å². The number of piperidine rings is 1. The Hall–Kier alpha value is -0.0400. The van der Waals surface area contributed by atoms with E-state index in [1.54, 1.807) is 25.7 Å². The van der Waals surface area contributed by atoms with Gasteiger partial charge in [0.2, 0.25) is 0 Å². The van der Waals surface area contributed by atoms with E-state index in [9.17, 15) is 0 Å². The molecule has 2 saturated carbocycles. The minimum Gasteiger partial charge on any atom is -0.303 e. The molecule has 3 rings (SSSR count). The Bertz CT molecular complexity index is 348. The van der Waals surface area contributed by atoms with Crippen LogP contribution in [-0.2, 0) is 0 Å². The molecule has 0 aromatic carbocycles. The SMILES string of the molecule is CCC1CCC2(CC1)CCC(CN1CCC(CC(C)C)CC1)CC2. The van der Waals surface area contributed by atoms with E-state index in [0.717, 1.165) is 29.1 Å². The van der Waals surface area contributed by atoms with Crippen LogP contribution in [0.5, 0.6) is 0 Å². The Balaban J connectivity index is 1.36. The minimum absolute atomic E-state index is 0.784. The molecule has 0 unspecified atom stereocenters. The van der Waals surface area contributed by atoms with Crippen LogP contribution < -0.4 is 0 Å². The molecule has 3 aliphatic rings. The topological polar surface area (TPSA) is 3.24 Å². The Kier molecular flexibility index (Phi) is 6.69. The molecule has 1 nitrogen and oxygen atoms in total. The van der Waals surface area contributed by atoms with E-state index in [-0.39, 0.29) is 0 Å². The molecular formula is C23H43N. The van der Waals surface area contributed by atoms with E-state index in [1.165, 1.54) is 71.0 Å². The molecule has 140 valence electrons. The average molecular weight is 334 g/mol. The molecule has 0 aromatic heterocycles. The van der Waals surface area contributed by atoms with Gasteiger partial charge in [0.1, 0.15) is 0 Å². The maximum atomic E-state index is 2.81. The van der Waals surface area contributed by atoms with Crippen LogP contribution in [0.25, 0.3) is 0 Å². The van der Waals surface area contributed by atoms with Gasteiger partial charge in [-0.25, -0.2) is 0 Å². The van der Waals surface area contributed by atoms with Crippen LogP contribution in [0.4, 0.5) is 0 Å². The Morgan fingerprint density at radius 2 is 1.33 bits per heavy atom. The lowest BCUT2D eigenvalue weighted by Crippen LogP contribution is -2.40. The molecule has 0 radical (unpaired) electrons. The molecule has 1 saturated heterocycles. The highest BCUT2D eigenvalue weighted by Gasteiger charge is 2.38. The Labute approximate surface area is 152 Å². The fraction of sp³-hybridized carbons (Fsp3) is 1.00. The lowest BCUT2D eigenvalue weighted by atomic mass is 9.61. The first-order valence-corrected chi connectivity index (χ1v) is 11.3. The van der Waals surface area contributed by atoms with Crippen LogP contribution >= 0.6 is 0 Å². The number of hydrogen-bond donors (Lipinski definition) is 0. The molecule has 24 heavy (non-hydrogen) atoms. The van der Waals surface area contributed by atoms with Crippen molar-refractivity contribution in [3.05, 3.63) is 0 Å². The first-order chi connectivity index (χ1) is 11.6. The Morgan fingerprint density at radius 3 is 1.83 bits per heavy atom. The van der Waals surface area contributed by atoms with E-state index < -0.39 is 0 Å². The fourth-order valence-electron chi connectivity index (χ4n) is 6.11. The number of hydrogen-bond acceptors (Lipinski definition) is 1. The third kappa shape index (κ3) is 4.99. The minimum atomic E-state index is 0.784. The molecule has 0 atom stereocenters. The monoisotopic (exact) mass is 333 g/mol. The van der Waals surface area contributed by atoms with Gasteiger partial charge >= 0.3 is 0 Å².